The molecule has 0 aliphatic carbocycles. The molecule has 12 heteroatoms. The number of likely N-dealkylation sites (tertiary alicyclic amines) is 1. The summed E-state index contributed by atoms with van der Waals surface area (Å²) in [7, 11) is 1.71. The molecule has 5 atom stereocenters. The van der Waals surface area contributed by atoms with E-state index in [0.29, 0.717) is 24.8 Å². The Morgan fingerprint density at radius 2 is 1.53 bits per heavy atom. The largest absolute Gasteiger partial charge is 0.392 e. The fourth-order valence-electron chi connectivity index (χ4n) is 6.88. The second kappa shape index (κ2) is 16.0. The maximum absolute atomic E-state index is 14.2. The molecule has 1 amide bonds. The molecular weight excluding hydrogens is 671 g/mol. The number of halogens is 5. The van der Waals surface area contributed by atoms with E-state index in [9.17, 15) is 31.9 Å². The third-order valence-corrected chi connectivity index (χ3v) is 9.71. The number of aliphatic hydroxyl groups excluding tert-OH is 1. The van der Waals surface area contributed by atoms with Crippen LogP contribution in [0.25, 0.3) is 11.1 Å². The molecule has 4 aromatic carbocycles. The number of hydrogen-bond donors (Lipinski definition) is 2. The standard InChI is InChI=1S/C39H39F5N2O5/c1-22-30(19-46-15-5-10-29(46)21-49-2)50-39(51-37(22)25-13-11-23(20-47)12-14-25)28-9-4-8-27(17-28)26-7-3-6-24(16-26)18-45-38(48)31-32(40)34(42)36(44)35(43)33(31)41/h3-4,6-9,11-14,16-17,22,29-30,37,39,47H,5,10,15,18-21H2,1-2H3,(H,45,48). The highest BCUT2D eigenvalue weighted by Crippen LogP contribution is 2.43. The van der Waals surface area contributed by atoms with Crippen molar-refractivity contribution in [1.29, 1.82) is 0 Å². The van der Waals surface area contributed by atoms with Crippen molar-refractivity contribution < 1.29 is 46.1 Å². The van der Waals surface area contributed by atoms with Gasteiger partial charge in [-0.1, -0.05) is 67.6 Å². The van der Waals surface area contributed by atoms with Gasteiger partial charge in [-0.25, -0.2) is 22.0 Å². The van der Waals surface area contributed by atoms with Gasteiger partial charge in [0.25, 0.3) is 5.91 Å². The molecule has 6 rings (SSSR count). The number of carbonyl (C=O) groups is 1. The fourth-order valence-corrected chi connectivity index (χ4v) is 6.88. The van der Waals surface area contributed by atoms with Crippen molar-refractivity contribution in [3.05, 3.63) is 130 Å². The zero-order valence-electron chi connectivity index (χ0n) is 28.2. The third-order valence-electron chi connectivity index (χ3n) is 9.71. The zero-order chi connectivity index (χ0) is 36.2. The predicted molar refractivity (Wildman–Crippen MR) is 179 cm³/mol. The van der Waals surface area contributed by atoms with Gasteiger partial charge in [0.2, 0.25) is 5.82 Å². The SMILES string of the molecule is COCC1CCCN1CC1OC(c2cccc(-c3cccc(CNC(=O)c4c(F)c(F)c(F)c(F)c4F)c3)c2)OC(c2ccc(CO)cc2)C1C. The molecule has 2 heterocycles. The minimum absolute atomic E-state index is 0.00458. The molecule has 0 aromatic heterocycles. The average molecular weight is 711 g/mol. The first-order valence-electron chi connectivity index (χ1n) is 16.8. The van der Waals surface area contributed by atoms with Gasteiger partial charge in [-0.3, -0.25) is 9.69 Å². The highest BCUT2D eigenvalue weighted by molar-refractivity contribution is 5.94. The van der Waals surface area contributed by atoms with Crippen LogP contribution < -0.4 is 5.32 Å². The Hall–Kier alpha value is -4.20. The number of hydrogen-bond acceptors (Lipinski definition) is 6. The van der Waals surface area contributed by atoms with E-state index in [1.54, 1.807) is 25.3 Å². The number of ether oxygens (including phenoxy) is 3. The molecule has 0 bridgehead atoms. The van der Waals surface area contributed by atoms with Crippen LogP contribution in [0.1, 0.15) is 64.8 Å². The van der Waals surface area contributed by atoms with Crippen molar-refractivity contribution in [2.75, 3.05) is 26.8 Å². The van der Waals surface area contributed by atoms with Crippen LogP contribution in [0.4, 0.5) is 22.0 Å². The van der Waals surface area contributed by atoms with Crippen molar-refractivity contribution in [2.45, 2.75) is 57.5 Å². The minimum Gasteiger partial charge on any atom is -0.392 e. The van der Waals surface area contributed by atoms with Gasteiger partial charge in [0, 0.05) is 37.7 Å². The maximum atomic E-state index is 14.2. The number of methoxy groups -OCH3 is 1. The van der Waals surface area contributed by atoms with Crippen molar-refractivity contribution in [3.8, 4) is 11.1 Å². The number of rotatable bonds is 11. The van der Waals surface area contributed by atoms with E-state index in [4.69, 9.17) is 14.2 Å². The molecule has 0 radical (unpaired) electrons. The predicted octanol–water partition coefficient (Wildman–Crippen LogP) is 7.37. The van der Waals surface area contributed by atoms with Crippen LogP contribution in [0.5, 0.6) is 0 Å². The topological polar surface area (TPSA) is 80.3 Å². The van der Waals surface area contributed by atoms with Gasteiger partial charge in [-0.2, -0.15) is 0 Å². The van der Waals surface area contributed by atoms with E-state index < -0.39 is 46.8 Å². The van der Waals surface area contributed by atoms with E-state index in [2.05, 4.69) is 17.1 Å². The lowest BCUT2D eigenvalue weighted by molar-refractivity contribution is -0.276. The first-order valence-corrected chi connectivity index (χ1v) is 16.8. The van der Waals surface area contributed by atoms with Crippen LogP contribution in [0.3, 0.4) is 0 Å². The van der Waals surface area contributed by atoms with Crippen LogP contribution >= 0.6 is 0 Å². The van der Waals surface area contributed by atoms with Gasteiger partial charge in [-0.05, 0) is 59.3 Å². The summed E-state index contributed by atoms with van der Waals surface area (Å²) in [6.45, 7) is 4.14. The van der Waals surface area contributed by atoms with E-state index in [-0.39, 0.29) is 31.3 Å². The number of aliphatic hydroxyl groups is 1. The summed E-state index contributed by atoms with van der Waals surface area (Å²) in [5.41, 5.74) is 3.08. The third kappa shape index (κ3) is 7.85. The Balaban J connectivity index is 1.23. The number of amides is 1. The molecule has 0 spiro atoms. The number of carbonyl (C=O) groups excluding carboxylic acids is 1. The lowest BCUT2D eigenvalue weighted by atomic mass is 9.89. The van der Waals surface area contributed by atoms with Crippen LogP contribution in [0.15, 0.2) is 72.8 Å². The Kier molecular flexibility index (Phi) is 11.5. The second-order valence-electron chi connectivity index (χ2n) is 13.0. The van der Waals surface area contributed by atoms with Gasteiger partial charge in [0.05, 0.1) is 25.4 Å². The summed E-state index contributed by atoms with van der Waals surface area (Å²) in [4.78, 5) is 14.9. The van der Waals surface area contributed by atoms with Crippen LogP contribution in [0.2, 0.25) is 0 Å². The Bertz CT molecular complexity index is 1830. The first kappa shape index (κ1) is 36.6. The number of nitrogens with zero attached hydrogens (tertiary/aromatic N) is 1. The normalized spacial score (nSPS) is 22.3. The van der Waals surface area contributed by atoms with Crippen molar-refractivity contribution in [1.82, 2.24) is 10.2 Å². The smallest absolute Gasteiger partial charge is 0.257 e. The zero-order valence-corrected chi connectivity index (χ0v) is 28.2. The van der Waals surface area contributed by atoms with Crippen molar-refractivity contribution in [3.63, 3.8) is 0 Å². The van der Waals surface area contributed by atoms with E-state index in [1.807, 2.05) is 54.6 Å². The second-order valence-corrected chi connectivity index (χ2v) is 13.0. The molecule has 2 saturated heterocycles. The van der Waals surface area contributed by atoms with Gasteiger partial charge >= 0.3 is 0 Å². The molecule has 51 heavy (non-hydrogen) atoms. The minimum atomic E-state index is -2.33. The average Bonchev–Trinajstić information content (AvgIpc) is 3.59. The lowest BCUT2D eigenvalue weighted by Crippen LogP contribution is -2.46. The monoisotopic (exact) mass is 710 g/mol. The maximum Gasteiger partial charge on any atom is 0.257 e. The molecule has 7 nitrogen and oxygen atoms in total. The number of nitrogens with one attached hydrogen (secondary N) is 1. The molecule has 2 aliphatic rings. The highest BCUT2D eigenvalue weighted by Gasteiger charge is 2.40. The summed E-state index contributed by atoms with van der Waals surface area (Å²) in [5, 5.41) is 11.8. The first-order chi connectivity index (χ1) is 24.6. The molecule has 4 aromatic rings. The van der Waals surface area contributed by atoms with Gasteiger partial charge in [0.1, 0.15) is 5.56 Å². The highest BCUT2D eigenvalue weighted by atomic mass is 19.2. The molecule has 2 N–H and O–H groups in total. The summed E-state index contributed by atoms with van der Waals surface area (Å²) >= 11 is 0. The Morgan fingerprint density at radius 1 is 0.863 bits per heavy atom. The molecule has 2 fully saturated rings. The van der Waals surface area contributed by atoms with Gasteiger partial charge in [0.15, 0.2) is 29.6 Å². The summed E-state index contributed by atoms with van der Waals surface area (Å²) in [6, 6.07) is 22.7. The van der Waals surface area contributed by atoms with E-state index in [0.717, 1.165) is 47.2 Å². The molecule has 0 saturated carbocycles. The number of benzene rings is 4. The Labute approximate surface area is 292 Å². The summed E-state index contributed by atoms with van der Waals surface area (Å²) in [5.74, 6) is -12.5. The molecule has 5 unspecified atom stereocenters. The fraction of sp³-hybridized carbons (Fsp3) is 0.359. The lowest BCUT2D eigenvalue weighted by Gasteiger charge is -2.43. The summed E-state index contributed by atoms with van der Waals surface area (Å²) in [6.07, 6.45) is 0.975. The molecular formula is C39H39F5N2O5. The van der Waals surface area contributed by atoms with E-state index in [1.165, 1.54) is 0 Å². The van der Waals surface area contributed by atoms with Crippen LogP contribution in [0, 0.1) is 35.0 Å². The van der Waals surface area contributed by atoms with Crippen molar-refractivity contribution >= 4 is 5.91 Å². The summed E-state index contributed by atoms with van der Waals surface area (Å²) < 4.78 is 88.0. The van der Waals surface area contributed by atoms with Crippen LogP contribution in [-0.2, 0) is 27.4 Å². The quantitative estimate of drug-likeness (QED) is 0.0962. The van der Waals surface area contributed by atoms with Gasteiger partial charge in [-0.15, -0.1) is 0 Å². The van der Waals surface area contributed by atoms with Gasteiger partial charge < -0.3 is 24.6 Å². The molecule has 2 aliphatic heterocycles. The van der Waals surface area contributed by atoms with Crippen LogP contribution in [-0.4, -0.2) is 54.9 Å². The van der Waals surface area contributed by atoms with E-state index >= 15 is 0 Å². The van der Waals surface area contributed by atoms with Crippen molar-refractivity contribution in [2.24, 2.45) is 5.92 Å². The Morgan fingerprint density at radius 3 is 2.22 bits per heavy atom. The molecule has 270 valence electrons.